The average molecular weight is 288 g/mol. The molecule has 112 valence electrons. The summed E-state index contributed by atoms with van der Waals surface area (Å²) < 4.78 is 10.8. The summed E-state index contributed by atoms with van der Waals surface area (Å²) in [5.41, 5.74) is 3.75. The van der Waals surface area contributed by atoms with Crippen molar-refractivity contribution in [2.45, 2.75) is 26.4 Å². The fraction of sp³-hybridized carbons (Fsp3) is 0.333. The maximum Gasteiger partial charge on any atom is 0.224 e. The molecule has 0 saturated carbocycles. The smallest absolute Gasteiger partial charge is 0.224 e. The van der Waals surface area contributed by atoms with Crippen LogP contribution in [0, 0.1) is 0 Å². The number of hydrogen-bond acceptors (Lipinski definition) is 6. The highest BCUT2D eigenvalue weighted by molar-refractivity contribution is 5.39. The summed E-state index contributed by atoms with van der Waals surface area (Å²) in [5, 5.41) is 0. The maximum absolute atomic E-state index is 5.74. The maximum atomic E-state index is 5.74. The van der Waals surface area contributed by atoms with Gasteiger partial charge in [0.2, 0.25) is 5.88 Å². The number of anilines is 1. The number of aromatic nitrogens is 2. The Hall–Kier alpha value is -2.18. The van der Waals surface area contributed by atoms with Gasteiger partial charge in [-0.1, -0.05) is 26.0 Å². The van der Waals surface area contributed by atoms with Crippen LogP contribution in [-0.4, -0.2) is 17.1 Å². The van der Waals surface area contributed by atoms with Crippen LogP contribution in [0.4, 0.5) is 5.82 Å². The van der Waals surface area contributed by atoms with Gasteiger partial charge in [0.05, 0.1) is 0 Å². The fourth-order valence-electron chi connectivity index (χ4n) is 1.83. The van der Waals surface area contributed by atoms with Crippen LogP contribution < -0.4 is 16.0 Å². The third kappa shape index (κ3) is 4.14. The molecule has 0 fully saturated rings. The predicted molar refractivity (Wildman–Crippen MR) is 81.2 cm³/mol. The van der Waals surface area contributed by atoms with E-state index in [1.165, 1.54) is 5.56 Å². The Morgan fingerprint density at radius 2 is 1.90 bits per heavy atom. The van der Waals surface area contributed by atoms with E-state index < -0.39 is 0 Å². The molecule has 2 rings (SSSR count). The summed E-state index contributed by atoms with van der Waals surface area (Å²) in [4.78, 5) is 8.44. The molecule has 6 nitrogen and oxygen atoms in total. The Balaban J connectivity index is 2.19. The van der Waals surface area contributed by atoms with Crippen LogP contribution in [0.5, 0.6) is 11.6 Å². The van der Waals surface area contributed by atoms with Crippen LogP contribution in [-0.2, 0) is 11.3 Å². The minimum Gasteiger partial charge on any atom is -0.439 e. The van der Waals surface area contributed by atoms with Gasteiger partial charge in [0.1, 0.15) is 18.2 Å². The first-order chi connectivity index (χ1) is 10.1. The highest BCUT2D eigenvalue weighted by Crippen LogP contribution is 2.24. The Labute approximate surface area is 124 Å². The first kappa shape index (κ1) is 15.2. The van der Waals surface area contributed by atoms with Gasteiger partial charge in [0.25, 0.3) is 0 Å². The van der Waals surface area contributed by atoms with Gasteiger partial charge in [-0.25, -0.2) is 10.8 Å². The number of nitrogens with zero attached hydrogens (tertiary/aromatic N) is 2. The summed E-state index contributed by atoms with van der Waals surface area (Å²) >= 11 is 0. The fourth-order valence-corrected chi connectivity index (χ4v) is 1.83. The lowest BCUT2D eigenvalue weighted by Gasteiger charge is -2.10. The molecular formula is C15H20N4O2. The van der Waals surface area contributed by atoms with E-state index >= 15 is 0 Å². The van der Waals surface area contributed by atoms with Crippen molar-refractivity contribution in [3.05, 3.63) is 41.7 Å². The molecule has 0 bridgehead atoms. The van der Waals surface area contributed by atoms with Gasteiger partial charge < -0.3 is 14.9 Å². The number of hydrogen-bond donors (Lipinski definition) is 2. The second-order valence-corrected chi connectivity index (χ2v) is 4.91. The highest BCUT2D eigenvalue weighted by Gasteiger charge is 2.07. The van der Waals surface area contributed by atoms with Crippen molar-refractivity contribution in [2.75, 3.05) is 12.5 Å². The van der Waals surface area contributed by atoms with Crippen LogP contribution in [0.25, 0.3) is 0 Å². The van der Waals surface area contributed by atoms with Gasteiger partial charge in [-0.2, -0.15) is 4.98 Å². The zero-order valence-electron chi connectivity index (χ0n) is 12.5. The Morgan fingerprint density at radius 1 is 1.19 bits per heavy atom. The van der Waals surface area contributed by atoms with Gasteiger partial charge in [-0.05, 0) is 23.6 Å². The topological polar surface area (TPSA) is 82.3 Å². The van der Waals surface area contributed by atoms with E-state index in [4.69, 9.17) is 15.3 Å². The van der Waals surface area contributed by atoms with Crippen molar-refractivity contribution in [1.82, 2.24) is 9.97 Å². The minimum atomic E-state index is 0.290. The first-order valence-electron chi connectivity index (χ1n) is 6.73. The lowest BCUT2D eigenvalue weighted by molar-refractivity contribution is 0.177. The van der Waals surface area contributed by atoms with Crippen molar-refractivity contribution in [3.63, 3.8) is 0 Å². The van der Waals surface area contributed by atoms with Crippen LogP contribution in [0.3, 0.4) is 0 Å². The summed E-state index contributed by atoms with van der Waals surface area (Å²) in [6.45, 7) is 4.59. The van der Waals surface area contributed by atoms with Gasteiger partial charge >= 0.3 is 0 Å². The van der Waals surface area contributed by atoms with E-state index in [0.717, 1.165) is 0 Å². The van der Waals surface area contributed by atoms with E-state index in [0.29, 0.717) is 29.2 Å². The van der Waals surface area contributed by atoms with Gasteiger partial charge in [-0.3, -0.25) is 0 Å². The SMILES string of the molecule is COCc1nc(NN)cc(Oc2ccc(C(C)C)cc2)n1. The standard InChI is InChI=1S/C15H20N4O2/c1-10(2)11-4-6-12(7-5-11)21-15-8-13(19-16)17-14(18-15)9-20-3/h4-8,10H,9,16H2,1-3H3,(H,17,18,19). The largest absolute Gasteiger partial charge is 0.439 e. The molecule has 0 aliphatic carbocycles. The van der Waals surface area contributed by atoms with E-state index in [1.807, 2.05) is 24.3 Å². The van der Waals surface area contributed by atoms with Crippen molar-refractivity contribution < 1.29 is 9.47 Å². The van der Waals surface area contributed by atoms with Gasteiger partial charge in [0, 0.05) is 13.2 Å². The number of nitrogens with two attached hydrogens (primary N) is 1. The summed E-state index contributed by atoms with van der Waals surface area (Å²) in [6.07, 6.45) is 0. The van der Waals surface area contributed by atoms with E-state index in [9.17, 15) is 0 Å². The minimum absolute atomic E-state index is 0.290. The zero-order chi connectivity index (χ0) is 15.2. The third-order valence-electron chi connectivity index (χ3n) is 2.94. The predicted octanol–water partition coefficient (Wildman–Crippen LogP) is 2.82. The van der Waals surface area contributed by atoms with Gasteiger partial charge in [0.15, 0.2) is 5.82 Å². The van der Waals surface area contributed by atoms with Crippen molar-refractivity contribution in [2.24, 2.45) is 5.84 Å². The Morgan fingerprint density at radius 3 is 2.48 bits per heavy atom. The Kier molecular flexibility index (Phi) is 5.08. The second kappa shape index (κ2) is 7.01. The molecule has 0 radical (unpaired) electrons. The lowest BCUT2D eigenvalue weighted by Crippen LogP contribution is -2.11. The van der Waals surface area contributed by atoms with E-state index in [2.05, 4.69) is 29.2 Å². The van der Waals surface area contributed by atoms with E-state index in [-0.39, 0.29) is 6.61 Å². The molecule has 0 unspecified atom stereocenters. The molecule has 0 atom stereocenters. The molecule has 0 aliphatic rings. The lowest BCUT2D eigenvalue weighted by atomic mass is 10.0. The molecule has 3 N–H and O–H groups in total. The molecule has 21 heavy (non-hydrogen) atoms. The van der Waals surface area contributed by atoms with Crippen molar-refractivity contribution in [3.8, 4) is 11.6 Å². The zero-order valence-corrected chi connectivity index (χ0v) is 12.5. The molecule has 1 heterocycles. The van der Waals surface area contributed by atoms with Crippen LogP contribution in [0.15, 0.2) is 30.3 Å². The first-order valence-corrected chi connectivity index (χ1v) is 6.73. The second-order valence-electron chi connectivity index (χ2n) is 4.91. The molecule has 0 amide bonds. The number of methoxy groups -OCH3 is 1. The van der Waals surface area contributed by atoms with Crippen LogP contribution in [0.1, 0.15) is 31.2 Å². The third-order valence-corrected chi connectivity index (χ3v) is 2.94. The van der Waals surface area contributed by atoms with Crippen molar-refractivity contribution >= 4 is 5.82 Å². The normalized spacial score (nSPS) is 10.7. The number of hydrazine groups is 1. The molecule has 0 saturated heterocycles. The Bertz CT molecular complexity index is 585. The summed E-state index contributed by atoms with van der Waals surface area (Å²) in [5.74, 6) is 7.99. The monoisotopic (exact) mass is 288 g/mol. The quantitative estimate of drug-likeness (QED) is 0.628. The molecule has 1 aromatic heterocycles. The molecular weight excluding hydrogens is 268 g/mol. The molecule has 1 aromatic carbocycles. The van der Waals surface area contributed by atoms with Crippen LogP contribution >= 0.6 is 0 Å². The highest BCUT2D eigenvalue weighted by atomic mass is 16.5. The summed E-state index contributed by atoms with van der Waals surface area (Å²) in [7, 11) is 1.58. The number of ether oxygens (including phenoxy) is 2. The molecule has 2 aromatic rings. The summed E-state index contributed by atoms with van der Waals surface area (Å²) in [6, 6.07) is 9.56. The van der Waals surface area contributed by atoms with Crippen LogP contribution in [0.2, 0.25) is 0 Å². The number of nitrogen functional groups attached to an aromatic ring is 1. The number of nitrogens with one attached hydrogen (secondary N) is 1. The number of benzene rings is 1. The molecule has 0 aliphatic heterocycles. The average Bonchev–Trinajstić information content (AvgIpc) is 2.48. The van der Waals surface area contributed by atoms with E-state index in [1.54, 1.807) is 13.2 Å². The van der Waals surface area contributed by atoms with Gasteiger partial charge in [-0.15, -0.1) is 0 Å². The molecule has 6 heteroatoms. The number of rotatable bonds is 6. The van der Waals surface area contributed by atoms with Crippen molar-refractivity contribution in [1.29, 1.82) is 0 Å². The molecule has 0 spiro atoms.